The van der Waals surface area contributed by atoms with Crippen molar-refractivity contribution < 1.29 is 9.90 Å². The predicted octanol–water partition coefficient (Wildman–Crippen LogP) is 2.10. The largest absolute Gasteiger partial charge is 0.396 e. The summed E-state index contributed by atoms with van der Waals surface area (Å²) >= 11 is 1.70. The zero-order valence-corrected chi connectivity index (χ0v) is 12.0. The Morgan fingerprint density at radius 2 is 2.28 bits per heavy atom. The Bertz CT molecular complexity index is 363. The summed E-state index contributed by atoms with van der Waals surface area (Å²) < 4.78 is 0. The lowest BCUT2D eigenvalue weighted by atomic mass is 9.91. The summed E-state index contributed by atoms with van der Waals surface area (Å²) in [4.78, 5) is 12.9. The van der Waals surface area contributed by atoms with Crippen LogP contribution >= 0.6 is 11.3 Å². The van der Waals surface area contributed by atoms with Gasteiger partial charge in [-0.2, -0.15) is 0 Å². The third-order valence-electron chi connectivity index (χ3n) is 2.82. The predicted molar refractivity (Wildman–Crippen MR) is 75.0 cm³/mol. The molecule has 4 nitrogen and oxygen atoms in total. The molecule has 0 fully saturated rings. The monoisotopic (exact) mass is 270 g/mol. The molecular formula is C13H22N2O2S. The van der Waals surface area contributed by atoms with Crippen molar-refractivity contribution in [3.63, 3.8) is 0 Å². The molecule has 1 rings (SSSR count). The SMILES string of the molecule is C[C@H](CCO)NC(=O)NCC(C)(C)c1cccs1. The summed E-state index contributed by atoms with van der Waals surface area (Å²) in [6.07, 6.45) is 0.571. The molecule has 0 bridgehead atoms. The number of aliphatic hydroxyl groups excluding tert-OH is 1. The van der Waals surface area contributed by atoms with Gasteiger partial charge < -0.3 is 15.7 Å². The van der Waals surface area contributed by atoms with Crippen LogP contribution in [0.25, 0.3) is 0 Å². The van der Waals surface area contributed by atoms with Crippen LogP contribution in [0, 0.1) is 0 Å². The van der Waals surface area contributed by atoms with Crippen molar-refractivity contribution in [2.24, 2.45) is 0 Å². The first kappa shape index (κ1) is 15.0. The van der Waals surface area contributed by atoms with E-state index in [1.54, 1.807) is 11.3 Å². The van der Waals surface area contributed by atoms with Gasteiger partial charge in [-0.1, -0.05) is 19.9 Å². The Balaban J connectivity index is 2.38. The maximum atomic E-state index is 11.6. The summed E-state index contributed by atoms with van der Waals surface area (Å²) in [5, 5.41) is 16.5. The molecule has 0 unspecified atom stereocenters. The number of thiophene rings is 1. The first-order chi connectivity index (χ1) is 8.45. The minimum absolute atomic E-state index is 0.0140. The van der Waals surface area contributed by atoms with E-state index in [0.29, 0.717) is 13.0 Å². The molecule has 18 heavy (non-hydrogen) atoms. The molecule has 1 heterocycles. The number of nitrogens with one attached hydrogen (secondary N) is 2. The molecule has 3 N–H and O–H groups in total. The summed E-state index contributed by atoms with van der Waals surface area (Å²) in [5.74, 6) is 0. The molecule has 2 amide bonds. The average Bonchev–Trinajstić information content (AvgIpc) is 2.81. The topological polar surface area (TPSA) is 61.4 Å². The minimum Gasteiger partial charge on any atom is -0.396 e. The highest BCUT2D eigenvalue weighted by atomic mass is 32.1. The smallest absolute Gasteiger partial charge is 0.315 e. The van der Waals surface area contributed by atoms with E-state index < -0.39 is 0 Å². The molecule has 0 spiro atoms. The average molecular weight is 270 g/mol. The van der Waals surface area contributed by atoms with Crippen molar-refractivity contribution in [3.8, 4) is 0 Å². The number of carbonyl (C=O) groups excluding carboxylic acids is 1. The van der Waals surface area contributed by atoms with Crippen molar-refractivity contribution >= 4 is 17.4 Å². The quantitative estimate of drug-likeness (QED) is 0.741. The van der Waals surface area contributed by atoms with E-state index in [1.807, 2.05) is 18.4 Å². The van der Waals surface area contributed by atoms with Crippen LogP contribution in [0.3, 0.4) is 0 Å². The summed E-state index contributed by atoms with van der Waals surface area (Å²) in [5.41, 5.74) is -0.0638. The molecule has 1 aromatic rings. The van der Waals surface area contributed by atoms with Crippen LogP contribution in [-0.4, -0.2) is 30.3 Å². The molecule has 0 saturated heterocycles. The van der Waals surface area contributed by atoms with Gasteiger partial charge in [-0.05, 0) is 24.8 Å². The number of carbonyl (C=O) groups is 1. The molecule has 0 aliphatic rings. The van der Waals surface area contributed by atoms with Gasteiger partial charge in [0.2, 0.25) is 0 Å². The molecule has 1 aromatic heterocycles. The maximum Gasteiger partial charge on any atom is 0.315 e. The van der Waals surface area contributed by atoms with Crippen LogP contribution in [0.2, 0.25) is 0 Å². The van der Waals surface area contributed by atoms with Gasteiger partial charge in [0.25, 0.3) is 0 Å². The van der Waals surface area contributed by atoms with Crippen molar-refractivity contribution in [3.05, 3.63) is 22.4 Å². The van der Waals surface area contributed by atoms with Crippen molar-refractivity contribution in [1.29, 1.82) is 0 Å². The van der Waals surface area contributed by atoms with E-state index in [1.165, 1.54) is 4.88 Å². The lowest BCUT2D eigenvalue weighted by Crippen LogP contribution is -2.45. The number of rotatable bonds is 6. The van der Waals surface area contributed by atoms with E-state index in [4.69, 9.17) is 5.11 Å². The standard InChI is InChI=1S/C13H22N2O2S/c1-10(6-7-16)15-12(17)14-9-13(2,3)11-5-4-8-18-11/h4-5,8,10,16H,6-7,9H2,1-3H3,(H2,14,15,17)/t10-/m1/s1. The van der Waals surface area contributed by atoms with Crippen LogP contribution < -0.4 is 10.6 Å². The number of aliphatic hydroxyl groups is 1. The zero-order valence-electron chi connectivity index (χ0n) is 11.2. The molecule has 0 saturated carbocycles. The maximum absolute atomic E-state index is 11.6. The molecule has 0 aromatic carbocycles. The Hall–Kier alpha value is -1.07. The van der Waals surface area contributed by atoms with E-state index in [2.05, 4.69) is 30.5 Å². The van der Waals surface area contributed by atoms with Gasteiger partial charge in [-0.3, -0.25) is 0 Å². The second-order valence-corrected chi connectivity index (χ2v) is 6.05. The highest BCUT2D eigenvalue weighted by Crippen LogP contribution is 2.26. The van der Waals surface area contributed by atoms with Crippen LogP contribution in [0.5, 0.6) is 0 Å². The fraction of sp³-hybridized carbons (Fsp3) is 0.615. The summed E-state index contributed by atoms with van der Waals surface area (Å²) in [6, 6.07) is 3.91. The Labute approximate surface area is 112 Å². The minimum atomic E-state index is -0.180. The number of amides is 2. The number of hydrogen-bond acceptors (Lipinski definition) is 3. The van der Waals surface area contributed by atoms with E-state index in [9.17, 15) is 4.79 Å². The Morgan fingerprint density at radius 1 is 1.56 bits per heavy atom. The first-order valence-electron chi connectivity index (χ1n) is 6.15. The molecule has 0 aliphatic heterocycles. The highest BCUT2D eigenvalue weighted by Gasteiger charge is 2.22. The Morgan fingerprint density at radius 3 is 2.83 bits per heavy atom. The summed E-state index contributed by atoms with van der Waals surface area (Å²) in [7, 11) is 0. The van der Waals surface area contributed by atoms with Crippen molar-refractivity contribution in [1.82, 2.24) is 10.6 Å². The number of hydrogen-bond donors (Lipinski definition) is 3. The van der Waals surface area contributed by atoms with Crippen LogP contribution in [0.4, 0.5) is 4.79 Å². The van der Waals surface area contributed by atoms with Gasteiger partial charge in [0.15, 0.2) is 0 Å². The number of urea groups is 1. The van der Waals surface area contributed by atoms with Gasteiger partial charge in [0.1, 0.15) is 0 Å². The van der Waals surface area contributed by atoms with E-state index in [0.717, 1.165) is 0 Å². The molecule has 102 valence electrons. The van der Waals surface area contributed by atoms with Gasteiger partial charge in [0.05, 0.1) is 0 Å². The Kier molecular flexibility index (Phi) is 5.62. The van der Waals surface area contributed by atoms with Crippen molar-refractivity contribution in [2.45, 2.75) is 38.6 Å². The first-order valence-corrected chi connectivity index (χ1v) is 7.03. The van der Waals surface area contributed by atoms with Crippen LogP contribution in [0.1, 0.15) is 32.1 Å². The second-order valence-electron chi connectivity index (χ2n) is 5.10. The fourth-order valence-corrected chi connectivity index (χ4v) is 2.44. The third-order valence-corrected chi connectivity index (χ3v) is 4.05. The lowest BCUT2D eigenvalue weighted by molar-refractivity contribution is 0.229. The zero-order chi connectivity index (χ0) is 13.6. The fourth-order valence-electron chi connectivity index (χ4n) is 1.59. The van der Waals surface area contributed by atoms with Gasteiger partial charge in [0, 0.05) is 29.5 Å². The van der Waals surface area contributed by atoms with E-state index >= 15 is 0 Å². The molecule has 1 atom stereocenters. The van der Waals surface area contributed by atoms with Crippen LogP contribution in [-0.2, 0) is 5.41 Å². The molecular weight excluding hydrogens is 248 g/mol. The molecule has 0 aliphatic carbocycles. The van der Waals surface area contributed by atoms with E-state index in [-0.39, 0.29) is 24.1 Å². The lowest BCUT2D eigenvalue weighted by Gasteiger charge is -2.24. The highest BCUT2D eigenvalue weighted by molar-refractivity contribution is 7.10. The van der Waals surface area contributed by atoms with Gasteiger partial charge >= 0.3 is 6.03 Å². The third kappa shape index (κ3) is 4.66. The summed E-state index contributed by atoms with van der Waals surface area (Å²) in [6.45, 7) is 6.76. The van der Waals surface area contributed by atoms with Crippen molar-refractivity contribution in [2.75, 3.05) is 13.2 Å². The van der Waals surface area contributed by atoms with Gasteiger partial charge in [-0.15, -0.1) is 11.3 Å². The second kappa shape index (κ2) is 6.75. The normalized spacial score (nSPS) is 13.1. The van der Waals surface area contributed by atoms with Gasteiger partial charge in [-0.25, -0.2) is 4.79 Å². The molecule has 5 heteroatoms. The molecule has 0 radical (unpaired) electrons. The van der Waals surface area contributed by atoms with Crippen LogP contribution in [0.15, 0.2) is 17.5 Å².